The first-order valence-corrected chi connectivity index (χ1v) is 14.7. The molecule has 200 valence electrons. The fourth-order valence-corrected chi connectivity index (χ4v) is 4.23. The van der Waals surface area contributed by atoms with E-state index in [4.69, 9.17) is 9.84 Å². The first kappa shape index (κ1) is 32.7. The van der Waals surface area contributed by atoms with Crippen molar-refractivity contribution < 1.29 is 19.4 Å². The number of unbranched alkanes of at least 4 members (excludes halogenated alkanes) is 20. The van der Waals surface area contributed by atoms with Crippen LogP contribution in [-0.2, 0) is 14.3 Å². The number of ether oxygens (including phenoxy) is 1. The van der Waals surface area contributed by atoms with Crippen molar-refractivity contribution in [1.82, 2.24) is 0 Å². The lowest BCUT2D eigenvalue weighted by Gasteiger charge is -2.04. The number of carboxylic acid groups (broad SMARTS) is 1. The molecule has 0 fully saturated rings. The maximum Gasteiger partial charge on any atom is 0.306 e. The van der Waals surface area contributed by atoms with Crippen LogP contribution in [0.5, 0.6) is 0 Å². The molecule has 0 radical (unpaired) electrons. The number of esters is 1. The summed E-state index contributed by atoms with van der Waals surface area (Å²) in [7, 11) is 0. The molecule has 0 bridgehead atoms. The van der Waals surface area contributed by atoms with E-state index in [0.29, 0.717) is 6.61 Å². The summed E-state index contributed by atoms with van der Waals surface area (Å²) in [5.41, 5.74) is 0. The molecule has 0 atom stereocenters. The van der Waals surface area contributed by atoms with E-state index in [-0.39, 0.29) is 12.8 Å². The molecule has 0 aromatic rings. The topological polar surface area (TPSA) is 63.6 Å². The highest BCUT2D eigenvalue weighted by molar-refractivity contribution is 5.76. The van der Waals surface area contributed by atoms with Crippen LogP contribution in [0.1, 0.15) is 161 Å². The summed E-state index contributed by atoms with van der Waals surface area (Å²) in [5, 5.41) is 8.52. The van der Waals surface area contributed by atoms with E-state index in [1.165, 1.54) is 128 Å². The van der Waals surface area contributed by atoms with Gasteiger partial charge in [-0.05, 0) is 32.1 Å². The van der Waals surface area contributed by atoms with Crippen molar-refractivity contribution in [3.05, 3.63) is 12.2 Å². The lowest BCUT2D eigenvalue weighted by molar-refractivity contribution is -0.147. The van der Waals surface area contributed by atoms with Crippen LogP contribution in [0.2, 0.25) is 0 Å². The van der Waals surface area contributed by atoms with Crippen molar-refractivity contribution in [2.75, 3.05) is 6.61 Å². The molecule has 0 rings (SSSR count). The molecule has 0 unspecified atom stereocenters. The van der Waals surface area contributed by atoms with Gasteiger partial charge in [-0.15, -0.1) is 0 Å². The largest absolute Gasteiger partial charge is 0.481 e. The molecular weight excluding hydrogens is 424 g/mol. The number of carbonyl (C=O) groups excluding carboxylic acids is 1. The summed E-state index contributed by atoms with van der Waals surface area (Å²) in [4.78, 5) is 21.7. The van der Waals surface area contributed by atoms with E-state index in [2.05, 4.69) is 19.1 Å². The van der Waals surface area contributed by atoms with Gasteiger partial charge < -0.3 is 9.84 Å². The first-order valence-electron chi connectivity index (χ1n) is 14.7. The van der Waals surface area contributed by atoms with Crippen molar-refractivity contribution in [3.8, 4) is 0 Å². The highest BCUT2D eigenvalue weighted by Gasteiger charge is 2.05. The summed E-state index contributed by atoms with van der Waals surface area (Å²) in [6.45, 7) is 2.70. The molecule has 34 heavy (non-hydrogen) atoms. The van der Waals surface area contributed by atoms with Crippen molar-refractivity contribution in [1.29, 1.82) is 0 Å². The van der Waals surface area contributed by atoms with E-state index in [0.717, 1.165) is 12.8 Å². The van der Waals surface area contributed by atoms with Crippen LogP contribution in [0, 0.1) is 0 Å². The molecule has 4 nitrogen and oxygen atoms in total. The van der Waals surface area contributed by atoms with Crippen molar-refractivity contribution in [2.45, 2.75) is 161 Å². The third-order valence-electron chi connectivity index (χ3n) is 6.46. The quantitative estimate of drug-likeness (QED) is 0.0722. The van der Waals surface area contributed by atoms with Crippen molar-refractivity contribution >= 4 is 11.9 Å². The van der Waals surface area contributed by atoms with Crippen LogP contribution < -0.4 is 0 Å². The lowest BCUT2D eigenvalue weighted by Crippen LogP contribution is -2.08. The van der Waals surface area contributed by atoms with Crippen LogP contribution in [0.15, 0.2) is 12.2 Å². The third kappa shape index (κ3) is 28.7. The monoisotopic (exact) mass is 480 g/mol. The van der Waals surface area contributed by atoms with Gasteiger partial charge in [0.05, 0.1) is 19.4 Å². The average Bonchev–Trinajstić information content (AvgIpc) is 2.82. The summed E-state index contributed by atoms with van der Waals surface area (Å²) < 4.78 is 5.03. The van der Waals surface area contributed by atoms with Crippen LogP contribution >= 0.6 is 0 Å². The zero-order chi connectivity index (χ0) is 25.0. The minimum Gasteiger partial charge on any atom is -0.481 e. The summed E-state index contributed by atoms with van der Waals surface area (Å²) in [6, 6.07) is 0. The number of hydrogen-bond acceptors (Lipinski definition) is 3. The second-order valence-electron chi connectivity index (χ2n) is 9.88. The lowest BCUT2D eigenvalue weighted by atomic mass is 10.0. The van der Waals surface area contributed by atoms with Crippen molar-refractivity contribution in [2.24, 2.45) is 0 Å². The SMILES string of the molecule is CCCCCCCCCCCCCCCC/C=C\CCCCCCCCOC(=O)CCC(=O)O. The zero-order valence-corrected chi connectivity index (χ0v) is 22.5. The smallest absolute Gasteiger partial charge is 0.306 e. The second kappa shape index (κ2) is 27.9. The Hall–Kier alpha value is -1.32. The van der Waals surface area contributed by atoms with Gasteiger partial charge >= 0.3 is 11.9 Å². The average molecular weight is 481 g/mol. The summed E-state index contributed by atoms with van der Waals surface area (Å²) in [6.07, 6.45) is 33.8. The van der Waals surface area contributed by atoms with E-state index >= 15 is 0 Å². The van der Waals surface area contributed by atoms with Gasteiger partial charge in [0.25, 0.3) is 0 Å². The van der Waals surface area contributed by atoms with Gasteiger partial charge in [0, 0.05) is 0 Å². The number of carbonyl (C=O) groups is 2. The minimum atomic E-state index is -0.957. The Kier molecular flexibility index (Phi) is 26.8. The molecule has 0 saturated carbocycles. The van der Waals surface area contributed by atoms with Crippen LogP contribution in [0.4, 0.5) is 0 Å². The summed E-state index contributed by atoms with van der Waals surface area (Å²) >= 11 is 0. The molecule has 0 spiro atoms. The van der Waals surface area contributed by atoms with Crippen LogP contribution in [0.3, 0.4) is 0 Å². The molecule has 0 amide bonds. The molecule has 0 aliphatic rings. The predicted molar refractivity (Wildman–Crippen MR) is 144 cm³/mol. The van der Waals surface area contributed by atoms with Gasteiger partial charge in [-0.25, -0.2) is 0 Å². The third-order valence-corrected chi connectivity index (χ3v) is 6.46. The zero-order valence-electron chi connectivity index (χ0n) is 22.5. The minimum absolute atomic E-state index is 0.0255. The molecule has 4 heteroatoms. The number of hydrogen-bond donors (Lipinski definition) is 1. The molecule has 0 aromatic heterocycles. The van der Waals surface area contributed by atoms with E-state index in [9.17, 15) is 9.59 Å². The fourth-order valence-electron chi connectivity index (χ4n) is 4.23. The Morgan fingerprint density at radius 2 is 0.941 bits per heavy atom. The maximum absolute atomic E-state index is 11.3. The Morgan fingerprint density at radius 3 is 1.35 bits per heavy atom. The standard InChI is InChI=1S/C30H56O4/c1-2-3-4-5-6-7-8-9-10-11-12-13-14-15-16-17-18-19-20-21-22-23-24-25-28-34-30(33)27-26-29(31)32/h17-18H,2-16,19-28H2,1H3,(H,31,32)/b18-17-. The van der Waals surface area contributed by atoms with Gasteiger partial charge in [-0.2, -0.15) is 0 Å². The summed E-state index contributed by atoms with van der Waals surface area (Å²) in [5.74, 6) is -1.36. The van der Waals surface area contributed by atoms with Crippen LogP contribution in [0.25, 0.3) is 0 Å². The number of carboxylic acids is 1. The second-order valence-corrected chi connectivity index (χ2v) is 9.88. The van der Waals surface area contributed by atoms with Gasteiger partial charge in [0.15, 0.2) is 0 Å². The Bertz CT molecular complexity index is 472. The highest BCUT2D eigenvalue weighted by Crippen LogP contribution is 2.14. The molecule has 0 aliphatic carbocycles. The van der Waals surface area contributed by atoms with Gasteiger partial charge in [-0.1, -0.05) is 128 Å². The predicted octanol–water partition coefficient (Wildman–Crippen LogP) is 9.55. The molecule has 0 heterocycles. The number of rotatable bonds is 27. The molecule has 0 aromatic carbocycles. The van der Waals surface area contributed by atoms with E-state index in [1.54, 1.807) is 0 Å². The van der Waals surface area contributed by atoms with Crippen LogP contribution in [-0.4, -0.2) is 23.7 Å². The molecule has 1 N–H and O–H groups in total. The van der Waals surface area contributed by atoms with E-state index in [1.807, 2.05) is 0 Å². The first-order chi connectivity index (χ1) is 16.7. The molecule has 0 saturated heterocycles. The normalized spacial score (nSPS) is 11.3. The molecular formula is C30H56O4. The Labute approximate surface area is 211 Å². The Balaban J connectivity index is 3.15. The van der Waals surface area contributed by atoms with Gasteiger partial charge in [0.2, 0.25) is 0 Å². The van der Waals surface area contributed by atoms with Crippen molar-refractivity contribution in [3.63, 3.8) is 0 Å². The fraction of sp³-hybridized carbons (Fsp3) is 0.867. The number of allylic oxidation sites excluding steroid dienone is 2. The Morgan fingerprint density at radius 1 is 0.559 bits per heavy atom. The van der Waals surface area contributed by atoms with Gasteiger partial charge in [0.1, 0.15) is 0 Å². The maximum atomic E-state index is 11.3. The number of aliphatic carboxylic acids is 1. The van der Waals surface area contributed by atoms with E-state index < -0.39 is 11.9 Å². The highest BCUT2D eigenvalue weighted by atomic mass is 16.5. The van der Waals surface area contributed by atoms with Gasteiger partial charge in [-0.3, -0.25) is 9.59 Å². The molecule has 0 aliphatic heterocycles.